The summed E-state index contributed by atoms with van der Waals surface area (Å²) < 4.78 is 0. The van der Waals surface area contributed by atoms with Crippen molar-refractivity contribution >= 4 is 0 Å². The predicted octanol–water partition coefficient (Wildman–Crippen LogP) is 3.06. The summed E-state index contributed by atoms with van der Waals surface area (Å²) in [7, 11) is 0. The molecule has 0 spiro atoms. The third kappa shape index (κ3) is 2.82. The van der Waals surface area contributed by atoms with Crippen LogP contribution in [-0.4, -0.2) is 11.0 Å². The van der Waals surface area contributed by atoms with Crippen LogP contribution in [0, 0.1) is 12.8 Å². The van der Waals surface area contributed by atoms with Crippen LogP contribution in [0.25, 0.3) is 0 Å². The van der Waals surface area contributed by atoms with E-state index in [9.17, 15) is 0 Å². The van der Waals surface area contributed by atoms with E-state index >= 15 is 0 Å². The molecule has 2 rings (SSSR count). The fourth-order valence-corrected chi connectivity index (χ4v) is 2.56. The van der Waals surface area contributed by atoms with Crippen LogP contribution < -0.4 is 5.32 Å². The Morgan fingerprint density at radius 1 is 1.38 bits per heavy atom. The molecule has 1 aromatic heterocycles. The molecular weight excluding hydrogens is 196 g/mol. The van der Waals surface area contributed by atoms with E-state index in [2.05, 4.69) is 30.2 Å². The molecule has 2 heteroatoms. The topological polar surface area (TPSA) is 24.9 Å². The number of aromatic nitrogens is 1. The molecule has 88 valence electrons. The average molecular weight is 218 g/mol. The number of hydrogen-bond donors (Lipinski definition) is 1. The van der Waals surface area contributed by atoms with Gasteiger partial charge in [-0.1, -0.05) is 25.8 Å². The van der Waals surface area contributed by atoms with Crippen molar-refractivity contribution in [3.8, 4) is 0 Å². The highest BCUT2D eigenvalue weighted by atomic mass is 14.9. The molecule has 2 nitrogen and oxygen atoms in total. The van der Waals surface area contributed by atoms with E-state index in [1.807, 2.05) is 12.3 Å². The molecule has 1 N–H and O–H groups in total. The SMILES string of the molecule is Cc1ncccc1CNC1CCCCC1C. The van der Waals surface area contributed by atoms with Crippen molar-refractivity contribution in [3.05, 3.63) is 29.6 Å². The van der Waals surface area contributed by atoms with Gasteiger partial charge in [0.25, 0.3) is 0 Å². The van der Waals surface area contributed by atoms with Crippen molar-refractivity contribution in [1.29, 1.82) is 0 Å². The number of aryl methyl sites for hydroxylation is 1. The van der Waals surface area contributed by atoms with Crippen LogP contribution >= 0.6 is 0 Å². The summed E-state index contributed by atoms with van der Waals surface area (Å²) in [5.74, 6) is 0.825. The second kappa shape index (κ2) is 5.44. The van der Waals surface area contributed by atoms with Crippen LogP contribution in [0.15, 0.2) is 18.3 Å². The van der Waals surface area contributed by atoms with Crippen LogP contribution in [0.4, 0.5) is 0 Å². The maximum atomic E-state index is 4.32. The Bertz CT molecular complexity index is 335. The summed E-state index contributed by atoms with van der Waals surface area (Å²) >= 11 is 0. The lowest BCUT2D eigenvalue weighted by Crippen LogP contribution is -2.36. The first-order valence-corrected chi connectivity index (χ1v) is 6.41. The molecule has 2 unspecified atom stereocenters. The molecular formula is C14H22N2. The highest BCUT2D eigenvalue weighted by molar-refractivity contribution is 5.17. The summed E-state index contributed by atoms with van der Waals surface area (Å²) in [5.41, 5.74) is 2.48. The lowest BCUT2D eigenvalue weighted by atomic mass is 9.86. The smallest absolute Gasteiger partial charge is 0.0417 e. The van der Waals surface area contributed by atoms with E-state index < -0.39 is 0 Å². The van der Waals surface area contributed by atoms with Gasteiger partial charge in [0.2, 0.25) is 0 Å². The number of hydrogen-bond acceptors (Lipinski definition) is 2. The Hall–Kier alpha value is -0.890. The van der Waals surface area contributed by atoms with Gasteiger partial charge >= 0.3 is 0 Å². The molecule has 0 aliphatic heterocycles. The van der Waals surface area contributed by atoms with Crippen molar-refractivity contribution in [2.45, 2.75) is 52.1 Å². The van der Waals surface area contributed by atoms with Gasteiger partial charge < -0.3 is 5.32 Å². The monoisotopic (exact) mass is 218 g/mol. The Morgan fingerprint density at radius 2 is 2.19 bits per heavy atom. The fourth-order valence-electron chi connectivity index (χ4n) is 2.56. The van der Waals surface area contributed by atoms with Crippen molar-refractivity contribution in [2.24, 2.45) is 5.92 Å². The maximum absolute atomic E-state index is 4.32. The first kappa shape index (κ1) is 11.6. The van der Waals surface area contributed by atoms with Crippen molar-refractivity contribution in [3.63, 3.8) is 0 Å². The highest BCUT2D eigenvalue weighted by Crippen LogP contribution is 2.24. The van der Waals surface area contributed by atoms with Gasteiger partial charge in [-0.25, -0.2) is 0 Å². The molecule has 1 saturated carbocycles. The molecule has 1 aliphatic rings. The quantitative estimate of drug-likeness (QED) is 0.843. The summed E-state index contributed by atoms with van der Waals surface area (Å²) in [6.45, 7) is 5.42. The molecule has 16 heavy (non-hydrogen) atoms. The largest absolute Gasteiger partial charge is 0.310 e. The minimum absolute atomic E-state index is 0.702. The molecule has 0 bridgehead atoms. The Kier molecular flexibility index (Phi) is 3.94. The van der Waals surface area contributed by atoms with Gasteiger partial charge in [-0.2, -0.15) is 0 Å². The molecule has 1 fully saturated rings. The fraction of sp³-hybridized carbons (Fsp3) is 0.643. The Balaban J connectivity index is 1.89. The van der Waals surface area contributed by atoms with E-state index in [0.717, 1.165) is 18.2 Å². The molecule has 0 radical (unpaired) electrons. The Morgan fingerprint density at radius 3 is 2.94 bits per heavy atom. The molecule has 1 heterocycles. The summed E-state index contributed by atoms with van der Waals surface area (Å²) in [4.78, 5) is 4.32. The number of rotatable bonds is 3. The molecule has 1 aliphatic carbocycles. The zero-order valence-corrected chi connectivity index (χ0v) is 10.4. The van der Waals surface area contributed by atoms with Crippen LogP contribution in [0.2, 0.25) is 0 Å². The molecule has 0 saturated heterocycles. The second-order valence-corrected chi connectivity index (χ2v) is 5.00. The average Bonchev–Trinajstić information content (AvgIpc) is 2.30. The third-order valence-electron chi connectivity index (χ3n) is 3.78. The standard InChI is InChI=1S/C14H22N2/c1-11-6-3-4-8-14(11)16-10-13-7-5-9-15-12(13)2/h5,7,9,11,14,16H,3-4,6,8,10H2,1-2H3. The minimum Gasteiger partial charge on any atom is -0.310 e. The summed E-state index contributed by atoms with van der Waals surface area (Å²) in [6, 6.07) is 4.89. The predicted molar refractivity (Wildman–Crippen MR) is 67.2 cm³/mol. The minimum atomic E-state index is 0.702. The van der Waals surface area contributed by atoms with E-state index in [4.69, 9.17) is 0 Å². The van der Waals surface area contributed by atoms with Crippen LogP contribution in [-0.2, 0) is 6.54 Å². The third-order valence-corrected chi connectivity index (χ3v) is 3.78. The van der Waals surface area contributed by atoms with Crippen LogP contribution in [0.5, 0.6) is 0 Å². The normalized spacial score (nSPS) is 25.6. The lowest BCUT2D eigenvalue weighted by Gasteiger charge is -2.29. The molecule has 1 aromatic rings. The zero-order valence-electron chi connectivity index (χ0n) is 10.4. The van der Waals surface area contributed by atoms with E-state index in [1.54, 1.807) is 0 Å². The van der Waals surface area contributed by atoms with Gasteiger partial charge in [0, 0.05) is 24.5 Å². The van der Waals surface area contributed by atoms with Gasteiger partial charge in [-0.15, -0.1) is 0 Å². The molecule has 2 atom stereocenters. The number of nitrogens with zero attached hydrogens (tertiary/aromatic N) is 1. The van der Waals surface area contributed by atoms with E-state index in [1.165, 1.54) is 31.2 Å². The van der Waals surface area contributed by atoms with Gasteiger partial charge in [-0.3, -0.25) is 4.98 Å². The second-order valence-electron chi connectivity index (χ2n) is 5.00. The Labute approximate surface area is 98.5 Å². The lowest BCUT2D eigenvalue weighted by molar-refractivity contribution is 0.279. The summed E-state index contributed by atoms with van der Waals surface area (Å²) in [6.07, 6.45) is 7.37. The molecule has 0 amide bonds. The number of pyridine rings is 1. The van der Waals surface area contributed by atoms with Gasteiger partial charge in [-0.05, 0) is 37.3 Å². The van der Waals surface area contributed by atoms with E-state index in [0.29, 0.717) is 6.04 Å². The van der Waals surface area contributed by atoms with Gasteiger partial charge in [0.1, 0.15) is 0 Å². The van der Waals surface area contributed by atoms with Crippen molar-refractivity contribution in [2.75, 3.05) is 0 Å². The van der Waals surface area contributed by atoms with Crippen LogP contribution in [0.3, 0.4) is 0 Å². The highest BCUT2D eigenvalue weighted by Gasteiger charge is 2.20. The van der Waals surface area contributed by atoms with Crippen molar-refractivity contribution < 1.29 is 0 Å². The first-order chi connectivity index (χ1) is 7.77. The number of nitrogens with one attached hydrogen (secondary N) is 1. The zero-order chi connectivity index (χ0) is 11.4. The maximum Gasteiger partial charge on any atom is 0.0417 e. The van der Waals surface area contributed by atoms with Crippen molar-refractivity contribution in [1.82, 2.24) is 10.3 Å². The first-order valence-electron chi connectivity index (χ1n) is 6.41. The van der Waals surface area contributed by atoms with Gasteiger partial charge in [0.15, 0.2) is 0 Å². The van der Waals surface area contributed by atoms with Gasteiger partial charge in [0.05, 0.1) is 0 Å². The van der Waals surface area contributed by atoms with Crippen LogP contribution in [0.1, 0.15) is 43.9 Å². The van der Waals surface area contributed by atoms with E-state index in [-0.39, 0.29) is 0 Å². The summed E-state index contributed by atoms with van der Waals surface area (Å²) in [5, 5.41) is 3.69. The molecule has 0 aromatic carbocycles.